The minimum Gasteiger partial charge on any atom is -0.397 e. The molecule has 0 fully saturated rings. The number of rotatable bonds is 7. The summed E-state index contributed by atoms with van der Waals surface area (Å²) in [7, 11) is 2.14. The summed E-state index contributed by atoms with van der Waals surface area (Å²) in [6.45, 7) is 5.64. The average Bonchev–Trinajstić information content (AvgIpc) is 2.34. The first-order valence-electron chi connectivity index (χ1n) is 6.74. The van der Waals surface area contributed by atoms with Crippen LogP contribution in [-0.2, 0) is 0 Å². The van der Waals surface area contributed by atoms with Crippen LogP contribution in [0.5, 0.6) is 0 Å². The molecule has 2 heteroatoms. The Labute approximate surface area is 106 Å². The van der Waals surface area contributed by atoms with Gasteiger partial charge in [-0.2, -0.15) is 0 Å². The van der Waals surface area contributed by atoms with Crippen molar-refractivity contribution in [2.24, 2.45) is 5.92 Å². The molecule has 0 heterocycles. The summed E-state index contributed by atoms with van der Waals surface area (Å²) >= 11 is 0. The predicted octanol–water partition coefficient (Wildman–Crippen LogP) is 3.92. The molecule has 0 bridgehead atoms. The number of nitrogens with two attached hydrogens (primary N) is 1. The van der Waals surface area contributed by atoms with Crippen molar-refractivity contribution in [2.45, 2.75) is 39.5 Å². The number of nitrogen functional groups attached to an aromatic ring is 1. The normalized spacial score (nSPS) is 12.4. The minimum absolute atomic E-state index is 0.777. The van der Waals surface area contributed by atoms with Gasteiger partial charge in [0, 0.05) is 13.6 Å². The lowest BCUT2D eigenvalue weighted by molar-refractivity contribution is 0.454. The topological polar surface area (TPSA) is 29.3 Å². The molecule has 1 unspecified atom stereocenters. The lowest BCUT2D eigenvalue weighted by atomic mass is 9.98. The zero-order valence-electron chi connectivity index (χ0n) is 11.4. The van der Waals surface area contributed by atoms with Gasteiger partial charge in [-0.3, -0.25) is 0 Å². The molecule has 0 amide bonds. The highest BCUT2D eigenvalue weighted by Crippen LogP contribution is 2.23. The second-order valence-corrected chi connectivity index (χ2v) is 4.86. The van der Waals surface area contributed by atoms with Crippen LogP contribution in [0, 0.1) is 5.92 Å². The minimum atomic E-state index is 0.777. The molecule has 1 aromatic carbocycles. The van der Waals surface area contributed by atoms with Gasteiger partial charge in [0.25, 0.3) is 0 Å². The molecule has 1 atom stereocenters. The highest BCUT2D eigenvalue weighted by atomic mass is 15.1. The number of benzene rings is 1. The van der Waals surface area contributed by atoms with Gasteiger partial charge in [0.05, 0.1) is 11.4 Å². The Hall–Kier alpha value is -1.18. The largest absolute Gasteiger partial charge is 0.397 e. The fourth-order valence-corrected chi connectivity index (χ4v) is 2.24. The molecule has 1 aromatic rings. The number of nitrogens with zero attached hydrogens (tertiary/aromatic N) is 1. The SMILES string of the molecule is CCCCC(CC)CN(C)c1ccccc1N. The molecule has 96 valence electrons. The summed E-state index contributed by atoms with van der Waals surface area (Å²) < 4.78 is 0. The van der Waals surface area contributed by atoms with E-state index < -0.39 is 0 Å². The molecule has 0 spiro atoms. The third kappa shape index (κ3) is 4.29. The van der Waals surface area contributed by atoms with Crippen molar-refractivity contribution >= 4 is 11.4 Å². The van der Waals surface area contributed by atoms with Gasteiger partial charge in [-0.05, 0) is 24.5 Å². The maximum Gasteiger partial charge on any atom is 0.0597 e. The Morgan fingerprint density at radius 3 is 2.53 bits per heavy atom. The lowest BCUT2D eigenvalue weighted by Crippen LogP contribution is -2.25. The van der Waals surface area contributed by atoms with E-state index in [1.54, 1.807) is 0 Å². The summed E-state index contributed by atoms with van der Waals surface area (Å²) in [5, 5.41) is 0. The fourth-order valence-electron chi connectivity index (χ4n) is 2.24. The molecule has 17 heavy (non-hydrogen) atoms. The van der Waals surface area contributed by atoms with Crippen molar-refractivity contribution in [3.05, 3.63) is 24.3 Å². The molecule has 0 aliphatic heterocycles. The molecular formula is C15H26N2. The Balaban J connectivity index is 2.58. The van der Waals surface area contributed by atoms with Gasteiger partial charge in [0.2, 0.25) is 0 Å². The van der Waals surface area contributed by atoms with Crippen LogP contribution < -0.4 is 10.6 Å². The van der Waals surface area contributed by atoms with Gasteiger partial charge in [0.15, 0.2) is 0 Å². The van der Waals surface area contributed by atoms with E-state index in [0.717, 1.165) is 23.8 Å². The van der Waals surface area contributed by atoms with E-state index in [9.17, 15) is 0 Å². The van der Waals surface area contributed by atoms with Crippen molar-refractivity contribution in [1.82, 2.24) is 0 Å². The van der Waals surface area contributed by atoms with E-state index >= 15 is 0 Å². The number of unbranched alkanes of at least 4 members (excludes halogenated alkanes) is 1. The fraction of sp³-hybridized carbons (Fsp3) is 0.600. The van der Waals surface area contributed by atoms with Gasteiger partial charge >= 0.3 is 0 Å². The van der Waals surface area contributed by atoms with E-state index in [4.69, 9.17) is 5.73 Å². The maximum absolute atomic E-state index is 6.00. The summed E-state index contributed by atoms with van der Waals surface area (Å²) in [6.07, 6.45) is 5.19. The molecule has 0 aliphatic carbocycles. The summed E-state index contributed by atoms with van der Waals surface area (Å²) in [4.78, 5) is 2.29. The predicted molar refractivity (Wildman–Crippen MR) is 77.4 cm³/mol. The van der Waals surface area contributed by atoms with Crippen LogP contribution in [-0.4, -0.2) is 13.6 Å². The van der Waals surface area contributed by atoms with E-state index in [2.05, 4.69) is 37.9 Å². The molecule has 0 aromatic heterocycles. The number of hydrogen-bond acceptors (Lipinski definition) is 2. The standard InChI is InChI=1S/C15H26N2/c1-4-6-9-13(5-2)12-17(3)15-11-8-7-10-14(15)16/h7-8,10-11,13H,4-6,9,12,16H2,1-3H3. The van der Waals surface area contributed by atoms with Crippen LogP contribution in [0.25, 0.3) is 0 Å². The van der Waals surface area contributed by atoms with Crippen molar-refractivity contribution in [1.29, 1.82) is 0 Å². The highest BCUT2D eigenvalue weighted by Gasteiger charge is 2.11. The zero-order valence-corrected chi connectivity index (χ0v) is 11.4. The number of hydrogen-bond donors (Lipinski definition) is 1. The molecule has 0 saturated carbocycles. The first-order valence-corrected chi connectivity index (χ1v) is 6.74. The molecule has 1 rings (SSSR count). The average molecular weight is 234 g/mol. The molecule has 0 saturated heterocycles. The van der Waals surface area contributed by atoms with Crippen molar-refractivity contribution in [3.63, 3.8) is 0 Å². The Morgan fingerprint density at radius 1 is 1.24 bits per heavy atom. The highest BCUT2D eigenvalue weighted by molar-refractivity contribution is 5.66. The van der Waals surface area contributed by atoms with Gasteiger partial charge in [-0.1, -0.05) is 45.2 Å². The summed E-state index contributed by atoms with van der Waals surface area (Å²) in [5.74, 6) is 0.777. The zero-order chi connectivity index (χ0) is 12.7. The van der Waals surface area contributed by atoms with Crippen LogP contribution in [0.3, 0.4) is 0 Å². The number of para-hydroxylation sites is 2. The van der Waals surface area contributed by atoms with Gasteiger partial charge in [-0.25, -0.2) is 0 Å². The molecule has 0 aliphatic rings. The second-order valence-electron chi connectivity index (χ2n) is 4.86. The smallest absolute Gasteiger partial charge is 0.0597 e. The van der Waals surface area contributed by atoms with Crippen LogP contribution in [0.4, 0.5) is 11.4 Å². The van der Waals surface area contributed by atoms with Gasteiger partial charge in [-0.15, -0.1) is 0 Å². The first kappa shape index (κ1) is 13.9. The molecular weight excluding hydrogens is 208 g/mol. The van der Waals surface area contributed by atoms with Crippen LogP contribution in [0.15, 0.2) is 24.3 Å². The number of anilines is 2. The van der Waals surface area contributed by atoms with E-state index in [-0.39, 0.29) is 0 Å². The van der Waals surface area contributed by atoms with Crippen LogP contribution in [0.2, 0.25) is 0 Å². The van der Waals surface area contributed by atoms with Crippen LogP contribution >= 0.6 is 0 Å². The third-order valence-corrected chi connectivity index (χ3v) is 3.42. The van der Waals surface area contributed by atoms with E-state index in [1.807, 2.05) is 12.1 Å². The van der Waals surface area contributed by atoms with Gasteiger partial charge < -0.3 is 10.6 Å². The monoisotopic (exact) mass is 234 g/mol. The first-order chi connectivity index (χ1) is 8.19. The maximum atomic E-state index is 6.00. The quantitative estimate of drug-likeness (QED) is 0.724. The van der Waals surface area contributed by atoms with Crippen molar-refractivity contribution < 1.29 is 0 Å². The third-order valence-electron chi connectivity index (χ3n) is 3.42. The Bertz CT molecular complexity index is 322. The van der Waals surface area contributed by atoms with E-state index in [1.165, 1.54) is 25.7 Å². The van der Waals surface area contributed by atoms with Crippen molar-refractivity contribution in [2.75, 3.05) is 24.2 Å². The lowest BCUT2D eigenvalue weighted by Gasteiger charge is -2.26. The second kappa shape index (κ2) is 7.21. The molecule has 2 nitrogen and oxygen atoms in total. The summed E-state index contributed by atoms with van der Waals surface area (Å²) in [6, 6.07) is 8.11. The molecule has 2 N–H and O–H groups in total. The van der Waals surface area contributed by atoms with Crippen molar-refractivity contribution in [3.8, 4) is 0 Å². The Kier molecular flexibility index (Phi) is 5.88. The van der Waals surface area contributed by atoms with E-state index in [0.29, 0.717) is 0 Å². The van der Waals surface area contributed by atoms with Crippen LogP contribution in [0.1, 0.15) is 39.5 Å². The Morgan fingerprint density at radius 2 is 1.94 bits per heavy atom. The summed E-state index contributed by atoms with van der Waals surface area (Å²) in [5.41, 5.74) is 8.03. The molecule has 0 radical (unpaired) electrons. The van der Waals surface area contributed by atoms with Gasteiger partial charge in [0.1, 0.15) is 0 Å².